The SMILES string of the molecule is NC(=O)C(O)C(O)c1cccc(F)n1. The van der Waals surface area contributed by atoms with Crippen molar-refractivity contribution < 1.29 is 19.4 Å². The van der Waals surface area contributed by atoms with Gasteiger partial charge in [-0.25, -0.2) is 4.98 Å². The first-order valence-electron chi connectivity index (χ1n) is 3.80. The van der Waals surface area contributed by atoms with Gasteiger partial charge in [0.15, 0.2) is 6.10 Å². The smallest absolute Gasteiger partial charge is 0.249 e. The lowest BCUT2D eigenvalue weighted by Crippen LogP contribution is -2.34. The normalized spacial score (nSPS) is 14.8. The molecule has 0 aliphatic heterocycles. The van der Waals surface area contributed by atoms with Crippen molar-refractivity contribution in [3.05, 3.63) is 29.8 Å². The predicted molar refractivity (Wildman–Crippen MR) is 44.4 cm³/mol. The third-order valence-electron chi connectivity index (χ3n) is 1.63. The van der Waals surface area contributed by atoms with E-state index in [2.05, 4.69) is 4.98 Å². The second-order valence-electron chi connectivity index (χ2n) is 2.68. The molecule has 0 bridgehead atoms. The highest BCUT2D eigenvalue weighted by Gasteiger charge is 2.24. The quantitative estimate of drug-likeness (QED) is 0.551. The fourth-order valence-corrected chi connectivity index (χ4v) is 0.906. The molecule has 0 saturated heterocycles. The Morgan fingerprint density at radius 3 is 2.64 bits per heavy atom. The van der Waals surface area contributed by atoms with Gasteiger partial charge in [-0.1, -0.05) is 6.07 Å². The molecule has 1 aromatic rings. The maximum Gasteiger partial charge on any atom is 0.249 e. The molecule has 1 rings (SSSR count). The molecular formula is C8H9FN2O3. The number of rotatable bonds is 3. The zero-order valence-corrected chi connectivity index (χ0v) is 7.09. The van der Waals surface area contributed by atoms with Gasteiger partial charge in [0.1, 0.15) is 6.10 Å². The molecule has 14 heavy (non-hydrogen) atoms. The number of hydrogen-bond donors (Lipinski definition) is 3. The second-order valence-corrected chi connectivity index (χ2v) is 2.68. The topological polar surface area (TPSA) is 96.4 Å². The average molecular weight is 200 g/mol. The highest BCUT2D eigenvalue weighted by Crippen LogP contribution is 2.14. The Morgan fingerprint density at radius 1 is 1.50 bits per heavy atom. The molecule has 4 N–H and O–H groups in total. The van der Waals surface area contributed by atoms with E-state index in [9.17, 15) is 14.3 Å². The largest absolute Gasteiger partial charge is 0.383 e. The van der Waals surface area contributed by atoms with Crippen LogP contribution in [0.3, 0.4) is 0 Å². The van der Waals surface area contributed by atoms with Crippen LogP contribution in [0.5, 0.6) is 0 Å². The van der Waals surface area contributed by atoms with Crippen LogP contribution in [-0.4, -0.2) is 27.2 Å². The van der Waals surface area contributed by atoms with Crippen molar-refractivity contribution >= 4 is 5.91 Å². The molecule has 0 aliphatic carbocycles. The van der Waals surface area contributed by atoms with E-state index in [4.69, 9.17) is 10.8 Å². The minimum atomic E-state index is -1.79. The summed E-state index contributed by atoms with van der Waals surface area (Å²) >= 11 is 0. The molecule has 76 valence electrons. The van der Waals surface area contributed by atoms with E-state index in [-0.39, 0.29) is 5.69 Å². The van der Waals surface area contributed by atoms with Crippen LogP contribution in [0.1, 0.15) is 11.8 Å². The van der Waals surface area contributed by atoms with Crippen molar-refractivity contribution in [2.75, 3.05) is 0 Å². The van der Waals surface area contributed by atoms with E-state index < -0.39 is 24.1 Å². The maximum atomic E-state index is 12.6. The van der Waals surface area contributed by atoms with Crippen molar-refractivity contribution in [2.24, 2.45) is 5.73 Å². The number of aromatic nitrogens is 1. The zero-order chi connectivity index (χ0) is 10.7. The van der Waals surface area contributed by atoms with Crippen LogP contribution < -0.4 is 5.73 Å². The summed E-state index contributed by atoms with van der Waals surface area (Å²) in [6.07, 6.45) is -3.40. The van der Waals surface area contributed by atoms with Crippen molar-refractivity contribution in [3.63, 3.8) is 0 Å². The molecule has 2 atom stereocenters. The van der Waals surface area contributed by atoms with Gasteiger partial charge < -0.3 is 15.9 Å². The molecule has 1 amide bonds. The van der Waals surface area contributed by atoms with Gasteiger partial charge in [0.2, 0.25) is 11.9 Å². The third-order valence-corrected chi connectivity index (χ3v) is 1.63. The van der Waals surface area contributed by atoms with E-state index in [0.717, 1.165) is 6.07 Å². The number of primary amides is 1. The Balaban J connectivity index is 2.89. The average Bonchev–Trinajstić information content (AvgIpc) is 2.15. The number of carbonyl (C=O) groups excluding carboxylic acids is 1. The number of halogens is 1. The van der Waals surface area contributed by atoms with Crippen molar-refractivity contribution in [3.8, 4) is 0 Å². The molecule has 6 heteroatoms. The van der Waals surface area contributed by atoms with Crippen molar-refractivity contribution in [1.29, 1.82) is 0 Å². The molecule has 1 heterocycles. The number of aliphatic hydroxyl groups excluding tert-OH is 2. The highest BCUT2D eigenvalue weighted by molar-refractivity contribution is 5.79. The van der Waals surface area contributed by atoms with Gasteiger partial charge in [-0.3, -0.25) is 4.79 Å². The summed E-state index contributed by atoms with van der Waals surface area (Å²) in [6.45, 7) is 0. The summed E-state index contributed by atoms with van der Waals surface area (Å²) in [5, 5.41) is 18.4. The van der Waals surface area contributed by atoms with E-state index in [1.807, 2.05) is 0 Å². The Bertz CT molecular complexity index is 345. The van der Waals surface area contributed by atoms with Crippen LogP contribution in [0.2, 0.25) is 0 Å². The minimum absolute atomic E-state index is 0.142. The summed E-state index contributed by atoms with van der Waals surface area (Å²) < 4.78 is 12.6. The summed E-state index contributed by atoms with van der Waals surface area (Å²) in [6, 6.07) is 3.65. The Kier molecular flexibility index (Phi) is 3.10. The van der Waals surface area contributed by atoms with Gasteiger partial charge in [-0.2, -0.15) is 4.39 Å². The first-order chi connectivity index (χ1) is 6.52. The van der Waals surface area contributed by atoms with Crippen LogP contribution >= 0.6 is 0 Å². The number of nitrogens with two attached hydrogens (primary N) is 1. The fourth-order valence-electron chi connectivity index (χ4n) is 0.906. The Morgan fingerprint density at radius 2 is 2.14 bits per heavy atom. The van der Waals surface area contributed by atoms with Crippen molar-refractivity contribution in [1.82, 2.24) is 4.98 Å². The summed E-state index contributed by atoms with van der Waals surface area (Å²) in [5.41, 5.74) is 4.60. The van der Waals surface area contributed by atoms with Crippen molar-refractivity contribution in [2.45, 2.75) is 12.2 Å². The van der Waals surface area contributed by atoms with Gasteiger partial charge >= 0.3 is 0 Å². The van der Waals surface area contributed by atoms with E-state index in [0.29, 0.717) is 0 Å². The lowest BCUT2D eigenvalue weighted by molar-refractivity contribution is -0.132. The lowest BCUT2D eigenvalue weighted by atomic mass is 10.1. The van der Waals surface area contributed by atoms with Gasteiger partial charge in [0, 0.05) is 0 Å². The summed E-state index contributed by atoms with van der Waals surface area (Å²) in [4.78, 5) is 13.8. The predicted octanol–water partition coefficient (Wildman–Crippen LogP) is -0.900. The van der Waals surface area contributed by atoms with Crippen LogP contribution in [0.4, 0.5) is 4.39 Å². The highest BCUT2D eigenvalue weighted by atomic mass is 19.1. The molecule has 0 saturated carbocycles. The van der Waals surface area contributed by atoms with Gasteiger partial charge in [0.25, 0.3) is 0 Å². The van der Waals surface area contributed by atoms with Gasteiger partial charge in [-0.05, 0) is 12.1 Å². The molecule has 0 aromatic carbocycles. The molecule has 2 unspecified atom stereocenters. The Hall–Kier alpha value is -1.53. The monoisotopic (exact) mass is 200 g/mol. The minimum Gasteiger partial charge on any atom is -0.383 e. The Labute approximate surface area is 79.0 Å². The molecule has 0 radical (unpaired) electrons. The van der Waals surface area contributed by atoms with Crippen LogP contribution in [0.25, 0.3) is 0 Å². The maximum absolute atomic E-state index is 12.6. The number of hydrogen-bond acceptors (Lipinski definition) is 4. The van der Waals surface area contributed by atoms with E-state index in [1.54, 1.807) is 0 Å². The molecular weight excluding hydrogens is 191 g/mol. The standard InChI is InChI=1S/C8H9FN2O3/c9-5-3-1-2-4(11-5)6(12)7(13)8(10)14/h1-3,6-7,12-13H,(H2,10,14). The third kappa shape index (κ3) is 2.24. The molecule has 5 nitrogen and oxygen atoms in total. The number of amides is 1. The second kappa shape index (κ2) is 4.12. The molecule has 0 spiro atoms. The molecule has 0 aliphatic rings. The van der Waals surface area contributed by atoms with Crippen LogP contribution in [-0.2, 0) is 4.79 Å². The summed E-state index contributed by atoms with van der Waals surface area (Å²) in [7, 11) is 0. The molecule has 1 aromatic heterocycles. The summed E-state index contributed by atoms with van der Waals surface area (Å²) in [5.74, 6) is -1.90. The van der Waals surface area contributed by atoms with Crippen LogP contribution in [0.15, 0.2) is 18.2 Å². The number of pyridine rings is 1. The number of carbonyl (C=O) groups is 1. The number of nitrogens with zero attached hydrogens (tertiary/aromatic N) is 1. The zero-order valence-electron chi connectivity index (χ0n) is 7.09. The molecule has 0 fully saturated rings. The number of aliphatic hydroxyl groups is 2. The van der Waals surface area contributed by atoms with Gasteiger partial charge in [-0.15, -0.1) is 0 Å². The van der Waals surface area contributed by atoms with E-state index in [1.165, 1.54) is 12.1 Å². The van der Waals surface area contributed by atoms with E-state index >= 15 is 0 Å². The first-order valence-corrected chi connectivity index (χ1v) is 3.80. The first kappa shape index (κ1) is 10.6. The van der Waals surface area contributed by atoms with Crippen LogP contribution in [0, 0.1) is 5.95 Å². The fraction of sp³-hybridized carbons (Fsp3) is 0.250. The lowest BCUT2D eigenvalue weighted by Gasteiger charge is -2.13. The van der Waals surface area contributed by atoms with Gasteiger partial charge in [0.05, 0.1) is 5.69 Å².